The third-order valence-electron chi connectivity index (χ3n) is 4.68. The predicted molar refractivity (Wildman–Crippen MR) is 179 cm³/mol. The second kappa shape index (κ2) is 30.3. The third-order valence-corrected chi connectivity index (χ3v) is 5.20. The number of aliphatic hydroxyl groups excluding tert-OH is 1. The number of allylic oxidation sites excluding steroid dienone is 8. The molecule has 0 saturated heterocycles. The van der Waals surface area contributed by atoms with Gasteiger partial charge in [-0.3, -0.25) is 5.32 Å². The Hall–Kier alpha value is -2.65. The molecule has 7 nitrogen and oxygen atoms in total. The molecule has 0 aromatic carbocycles. The molecule has 0 amide bonds. The lowest BCUT2D eigenvalue weighted by molar-refractivity contribution is 0.179. The lowest BCUT2D eigenvalue weighted by atomic mass is 10.1. The van der Waals surface area contributed by atoms with E-state index >= 15 is 0 Å². The van der Waals surface area contributed by atoms with E-state index in [0.29, 0.717) is 17.8 Å². The van der Waals surface area contributed by atoms with E-state index in [-0.39, 0.29) is 0 Å². The molecule has 4 N–H and O–H groups in total. The Kier molecular flexibility index (Phi) is 31.7. The van der Waals surface area contributed by atoms with Gasteiger partial charge in [0.1, 0.15) is 12.5 Å². The van der Waals surface area contributed by atoms with Crippen LogP contribution in [0.5, 0.6) is 0 Å². The van der Waals surface area contributed by atoms with Gasteiger partial charge in [0, 0.05) is 25.5 Å². The zero-order chi connectivity index (χ0) is 31.9. The van der Waals surface area contributed by atoms with Crippen molar-refractivity contribution in [1.29, 1.82) is 0 Å². The van der Waals surface area contributed by atoms with Crippen molar-refractivity contribution < 1.29 is 18.3 Å². The molecule has 1 aliphatic rings. The van der Waals surface area contributed by atoms with Gasteiger partial charge in [-0.25, -0.2) is 13.6 Å². The van der Waals surface area contributed by atoms with Crippen LogP contribution in [0.15, 0.2) is 96.0 Å². The standard InChI is InChI=1S/C25H37N3O4S.2C3H8.C2H6/c1-4-6-8-12-17-32-21-24(28(3)16-7-5-2)19-23(15-18-33(26,30)31)25(29)27-20-22-13-10-9-11-14-22;2*1-3-2;1-2/h4,6,8-10,12,14-15,17-19,21,25,27,29H,1,5,7,11,13,16,20H2,2-3H3,(H2,26,30,31);2*3H2,1-2H3;1-2H3/b8-6-,17-12+,18-15+,23-19+,24-21-;;;. The Balaban J connectivity index is -0.00000162. The van der Waals surface area contributed by atoms with Crippen LogP contribution in [-0.2, 0) is 14.8 Å². The molecule has 1 unspecified atom stereocenters. The molecule has 1 atom stereocenters. The molecule has 1 aliphatic carbocycles. The van der Waals surface area contributed by atoms with E-state index in [1.165, 1.54) is 25.2 Å². The molecule has 0 heterocycles. The van der Waals surface area contributed by atoms with Crippen LogP contribution in [0.2, 0.25) is 0 Å². The summed E-state index contributed by atoms with van der Waals surface area (Å²) >= 11 is 0. The van der Waals surface area contributed by atoms with Gasteiger partial charge in [0.05, 0.1) is 12.0 Å². The number of ether oxygens (including phenoxy) is 1. The summed E-state index contributed by atoms with van der Waals surface area (Å²) in [6, 6.07) is 0. The number of nitrogens with two attached hydrogens (primary N) is 1. The van der Waals surface area contributed by atoms with Gasteiger partial charge in [0.2, 0.25) is 10.0 Å². The van der Waals surface area contributed by atoms with Crippen LogP contribution in [-0.4, -0.2) is 44.8 Å². The van der Waals surface area contributed by atoms with Gasteiger partial charge >= 0.3 is 0 Å². The van der Waals surface area contributed by atoms with Crippen molar-refractivity contribution in [3.63, 3.8) is 0 Å². The largest absolute Gasteiger partial charge is 0.470 e. The smallest absolute Gasteiger partial charge is 0.231 e. The molecule has 0 radical (unpaired) electrons. The van der Waals surface area contributed by atoms with Crippen LogP contribution in [0.25, 0.3) is 0 Å². The number of nitrogens with zero attached hydrogens (tertiary/aromatic N) is 1. The summed E-state index contributed by atoms with van der Waals surface area (Å²) in [5.74, 6) is 0. The Morgan fingerprint density at radius 1 is 1.15 bits per heavy atom. The maximum absolute atomic E-state index is 11.5. The van der Waals surface area contributed by atoms with E-state index in [1.807, 2.05) is 25.8 Å². The van der Waals surface area contributed by atoms with Crippen molar-refractivity contribution >= 4 is 10.0 Å². The molecular formula is C33H59N3O4S. The Bertz CT molecular complexity index is 957. The highest BCUT2D eigenvalue weighted by atomic mass is 32.2. The first-order chi connectivity index (χ1) is 19.6. The molecular weight excluding hydrogens is 534 g/mol. The second-order valence-corrected chi connectivity index (χ2v) is 10.4. The minimum absolute atomic E-state index is 0.338. The fraction of sp³-hybridized carbons (Fsp3) is 0.515. The maximum atomic E-state index is 11.5. The van der Waals surface area contributed by atoms with E-state index in [0.717, 1.165) is 43.2 Å². The lowest BCUT2D eigenvalue weighted by Gasteiger charge is -2.22. The van der Waals surface area contributed by atoms with Crippen LogP contribution in [0.3, 0.4) is 0 Å². The highest BCUT2D eigenvalue weighted by Gasteiger charge is 2.13. The summed E-state index contributed by atoms with van der Waals surface area (Å²) in [5, 5.41) is 19.8. The van der Waals surface area contributed by atoms with Crippen molar-refractivity contribution in [3.05, 3.63) is 96.0 Å². The highest BCUT2D eigenvalue weighted by Crippen LogP contribution is 2.15. The number of hydrogen-bond donors (Lipinski definition) is 3. The van der Waals surface area contributed by atoms with E-state index in [1.54, 1.807) is 36.6 Å². The number of rotatable bonds is 15. The van der Waals surface area contributed by atoms with Gasteiger partial charge < -0.3 is 14.7 Å². The minimum atomic E-state index is -3.86. The molecule has 41 heavy (non-hydrogen) atoms. The number of sulfonamides is 1. The average Bonchev–Trinajstić information content (AvgIpc) is 2.95. The minimum Gasteiger partial charge on any atom is -0.470 e. The molecule has 0 fully saturated rings. The summed E-state index contributed by atoms with van der Waals surface area (Å²) in [4.78, 5) is 1.98. The van der Waals surface area contributed by atoms with Crippen molar-refractivity contribution in [2.45, 2.75) is 93.2 Å². The molecule has 236 valence electrons. The molecule has 0 aromatic heterocycles. The number of primary sulfonamides is 1. The third kappa shape index (κ3) is 28.7. The molecule has 0 saturated carbocycles. The zero-order valence-electron chi connectivity index (χ0n) is 27.0. The van der Waals surface area contributed by atoms with Crippen LogP contribution in [0, 0.1) is 0 Å². The van der Waals surface area contributed by atoms with Crippen LogP contribution in [0.4, 0.5) is 0 Å². The number of unbranched alkanes of at least 4 members (excludes halogenated alkanes) is 1. The van der Waals surface area contributed by atoms with E-state index in [4.69, 9.17) is 9.88 Å². The van der Waals surface area contributed by atoms with Gasteiger partial charge in [-0.05, 0) is 43.1 Å². The van der Waals surface area contributed by atoms with E-state index in [2.05, 4.69) is 64.7 Å². The Morgan fingerprint density at radius 3 is 2.29 bits per heavy atom. The summed E-state index contributed by atoms with van der Waals surface area (Å²) in [6.07, 6.45) is 24.3. The first-order valence-corrected chi connectivity index (χ1v) is 16.4. The monoisotopic (exact) mass is 593 g/mol. The fourth-order valence-corrected chi connectivity index (χ4v) is 3.15. The number of hydrogen-bond acceptors (Lipinski definition) is 6. The van der Waals surface area contributed by atoms with Gasteiger partial charge in [-0.2, -0.15) is 0 Å². The summed E-state index contributed by atoms with van der Waals surface area (Å²) in [5.41, 5.74) is 2.16. The van der Waals surface area contributed by atoms with Gasteiger partial charge in [0.25, 0.3) is 0 Å². The summed E-state index contributed by atoms with van der Waals surface area (Å²) in [7, 11) is -1.95. The fourth-order valence-electron chi connectivity index (χ4n) is 2.80. The molecule has 8 heteroatoms. The Morgan fingerprint density at radius 2 is 1.78 bits per heavy atom. The normalized spacial score (nSPS) is 14.3. The van der Waals surface area contributed by atoms with E-state index in [9.17, 15) is 13.5 Å². The molecule has 0 spiro atoms. The van der Waals surface area contributed by atoms with Crippen molar-refractivity contribution in [3.8, 4) is 0 Å². The Labute approximate surface area is 252 Å². The van der Waals surface area contributed by atoms with Crippen molar-refractivity contribution in [2.75, 3.05) is 20.1 Å². The lowest BCUT2D eigenvalue weighted by Crippen LogP contribution is -2.32. The molecule has 0 aromatic rings. The van der Waals surface area contributed by atoms with Crippen LogP contribution >= 0.6 is 0 Å². The molecule has 0 aliphatic heterocycles. The predicted octanol–water partition coefficient (Wildman–Crippen LogP) is 7.60. The highest BCUT2D eigenvalue weighted by molar-refractivity contribution is 7.92. The zero-order valence-corrected chi connectivity index (χ0v) is 27.8. The SMILES string of the molecule is C=C/C=C\C=C\O/C=C(/C=C(\C=C\S(N)(=O)=O)C(O)NCC1=CCC=CC1)N(C)CCCC.CC.CCC.CCC. The van der Waals surface area contributed by atoms with Crippen LogP contribution in [0.1, 0.15) is 87.0 Å². The quantitative estimate of drug-likeness (QED) is 0.0781. The topological polar surface area (TPSA) is 105 Å². The second-order valence-electron chi connectivity index (χ2n) is 8.91. The first-order valence-electron chi connectivity index (χ1n) is 14.8. The molecule has 0 bridgehead atoms. The molecule has 1 rings (SSSR count). The van der Waals surface area contributed by atoms with Gasteiger partial charge in [-0.15, -0.1) is 0 Å². The van der Waals surface area contributed by atoms with Crippen molar-refractivity contribution in [2.24, 2.45) is 5.14 Å². The summed E-state index contributed by atoms with van der Waals surface area (Å²) in [6.45, 7) is 19.4. The van der Waals surface area contributed by atoms with E-state index < -0.39 is 16.3 Å². The van der Waals surface area contributed by atoms with Crippen molar-refractivity contribution in [1.82, 2.24) is 10.2 Å². The number of aliphatic hydroxyl groups is 1. The van der Waals surface area contributed by atoms with Gasteiger partial charge in [0.15, 0.2) is 0 Å². The van der Waals surface area contributed by atoms with Gasteiger partial charge in [-0.1, -0.05) is 116 Å². The van der Waals surface area contributed by atoms with Crippen LogP contribution < -0.4 is 10.5 Å². The average molecular weight is 594 g/mol. The summed E-state index contributed by atoms with van der Waals surface area (Å²) < 4.78 is 28.5. The first kappa shape index (κ1) is 42.8. The maximum Gasteiger partial charge on any atom is 0.231 e. The number of nitrogens with one attached hydrogen (secondary N) is 1. The number of likely N-dealkylation sites (N-methyl/N-ethyl adjacent to an activating group) is 1.